The summed E-state index contributed by atoms with van der Waals surface area (Å²) in [7, 11) is 0. The molecule has 0 radical (unpaired) electrons. The van der Waals surface area contributed by atoms with Gasteiger partial charge in [0.2, 0.25) is 0 Å². The number of hydrogen-bond acceptors (Lipinski definition) is 1. The highest BCUT2D eigenvalue weighted by molar-refractivity contribution is 7.99. The Morgan fingerprint density at radius 1 is 0.413 bits per heavy atom. The van der Waals surface area contributed by atoms with Gasteiger partial charge in [-0.2, -0.15) is 0 Å². The van der Waals surface area contributed by atoms with Gasteiger partial charge in [0.05, 0.1) is 11.0 Å². The topological polar surface area (TPSA) is 4.93 Å². The zero-order valence-corrected chi connectivity index (χ0v) is 25.8. The van der Waals surface area contributed by atoms with Gasteiger partial charge in [0.15, 0.2) is 0 Å². The molecule has 0 spiro atoms. The van der Waals surface area contributed by atoms with E-state index >= 15 is 0 Å². The molecule has 0 unspecified atom stereocenters. The molecule has 1 aliphatic heterocycles. The minimum Gasteiger partial charge on any atom is -0.309 e. The first-order valence-electron chi connectivity index (χ1n) is 15.8. The Balaban J connectivity index is 1.30. The van der Waals surface area contributed by atoms with Gasteiger partial charge >= 0.3 is 0 Å². The number of nitrogens with zero attached hydrogens (tertiary/aromatic N) is 1. The first kappa shape index (κ1) is 25.7. The van der Waals surface area contributed by atoms with Crippen molar-refractivity contribution in [3.63, 3.8) is 0 Å². The number of hydrogen-bond donors (Lipinski definition) is 0. The molecule has 0 saturated heterocycles. The summed E-state index contributed by atoms with van der Waals surface area (Å²) in [5, 5.41) is 7.70. The molecule has 0 saturated carbocycles. The van der Waals surface area contributed by atoms with Gasteiger partial charge in [-0.3, -0.25) is 0 Å². The van der Waals surface area contributed by atoms with Crippen LogP contribution in [0.1, 0.15) is 0 Å². The van der Waals surface area contributed by atoms with Crippen LogP contribution in [-0.4, -0.2) is 4.57 Å². The normalized spacial score (nSPS) is 12.3. The summed E-state index contributed by atoms with van der Waals surface area (Å²) in [4.78, 5) is 2.64. The summed E-state index contributed by atoms with van der Waals surface area (Å²) in [6.07, 6.45) is 0. The van der Waals surface area contributed by atoms with Crippen molar-refractivity contribution in [2.24, 2.45) is 0 Å². The average molecular weight is 602 g/mol. The highest BCUT2D eigenvalue weighted by Crippen LogP contribution is 2.50. The van der Waals surface area contributed by atoms with Crippen LogP contribution in [0.5, 0.6) is 0 Å². The van der Waals surface area contributed by atoms with E-state index in [0.29, 0.717) is 0 Å². The molecule has 10 rings (SSSR count). The van der Waals surface area contributed by atoms with Gasteiger partial charge in [-0.15, -0.1) is 0 Å². The van der Waals surface area contributed by atoms with Gasteiger partial charge in [0.25, 0.3) is 0 Å². The third-order valence-corrected chi connectivity index (χ3v) is 10.7. The fourth-order valence-corrected chi connectivity index (χ4v) is 8.72. The van der Waals surface area contributed by atoms with E-state index in [1.54, 1.807) is 0 Å². The van der Waals surface area contributed by atoms with Crippen molar-refractivity contribution in [2.75, 3.05) is 0 Å². The number of benzene rings is 8. The maximum atomic E-state index is 2.46. The lowest BCUT2D eigenvalue weighted by Gasteiger charge is -2.22. The van der Waals surface area contributed by atoms with Crippen molar-refractivity contribution in [1.82, 2.24) is 4.57 Å². The van der Waals surface area contributed by atoms with Crippen molar-refractivity contribution >= 4 is 55.1 Å². The second-order valence-electron chi connectivity index (χ2n) is 12.1. The first-order valence-corrected chi connectivity index (χ1v) is 16.6. The third-order valence-electron chi connectivity index (χ3n) is 9.56. The lowest BCUT2D eigenvalue weighted by Crippen LogP contribution is -1.97. The molecule has 0 bridgehead atoms. The molecule has 0 aliphatic carbocycles. The van der Waals surface area contributed by atoms with E-state index in [4.69, 9.17) is 0 Å². The van der Waals surface area contributed by atoms with Crippen LogP contribution < -0.4 is 0 Å². The summed E-state index contributed by atoms with van der Waals surface area (Å²) in [6.45, 7) is 0. The van der Waals surface area contributed by atoms with Gasteiger partial charge in [-0.05, 0) is 86.4 Å². The smallest absolute Gasteiger partial charge is 0.0626 e. The lowest BCUT2D eigenvalue weighted by molar-refractivity contribution is 1.18. The van der Waals surface area contributed by atoms with E-state index in [1.807, 2.05) is 11.8 Å². The molecule has 0 N–H and O–H groups in total. The number of para-hydroxylation sites is 2. The van der Waals surface area contributed by atoms with Crippen LogP contribution in [0.25, 0.3) is 82.4 Å². The van der Waals surface area contributed by atoms with Crippen molar-refractivity contribution in [2.45, 2.75) is 9.79 Å². The van der Waals surface area contributed by atoms with Crippen molar-refractivity contribution in [3.05, 3.63) is 164 Å². The number of aromatic nitrogens is 1. The monoisotopic (exact) mass is 601 g/mol. The highest BCUT2D eigenvalue weighted by Gasteiger charge is 2.23. The molecule has 9 aromatic rings. The van der Waals surface area contributed by atoms with E-state index in [1.165, 1.54) is 92.2 Å². The fraction of sp³-hybridized carbons (Fsp3) is 0. The first-order chi connectivity index (χ1) is 22.8. The van der Waals surface area contributed by atoms with Crippen LogP contribution >= 0.6 is 11.8 Å². The van der Waals surface area contributed by atoms with Crippen molar-refractivity contribution in [3.8, 4) is 39.1 Å². The van der Waals surface area contributed by atoms with Crippen molar-refractivity contribution in [1.29, 1.82) is 0 Å². The van der Waals surface area contributed by atoms with Gasteiger partial charge < -0.3 is 4.57 Å². The lowest BCUT2D eigenvalue weighted by atomic mass is 9.88. The number of fused-ring (bicyclic) bond motifs is 6. The van der Waals surface area contributed by atoms with Crippen molar-refractivity contribution < 1.29 is 0 Å². The van der Waals surface area contributed by atoms with Crippen LogP contribution in [0.4, 0.5) is 0 Å². The minimum atomic E-state index is 1.17. The zero-order chi connectivity index (χ0) is 30.2. The molecule has 1 aromatic heterocycles. The van der Waals surface area contributed by atoms with Crippen LogP contribution in [-0.2, 0) is 0 Å². The molecule has 46 heavy (non-hydrogen) atoms. The Morgan fingerprint density at radius 2 is 1.11 bits per heavy atom. The maximum Gasteiger partial charge on any atom is 0.0626 e. The Labute approximate surface area is 271 Å². The molecule has 2 heterocycles. The van der Waals surface area contributed by atoms with Gasteiger partial charge in [0.1, 0.15) is 0 Å². The van der Waals surface area contributed by atoms with Crippen LogP contribution in [0.15, 0.2) is 174 Å². The molecule has 8 aromatic carbocycles. The third kappa shape index (κ3) is 3.71. The second kappa shape index (κ2) is 9.97. The summed E-state index contributed by atoms with van der Waals surface area (Å²) in [5.74, 6) is 0. The highest BCUT2D eigenvalue weighted by atomic mass is 32.2. The molecule has 1 nitrogen and oxygen atoms in total. The zero-order valence-electron chi connectivity index (χ0n) is 24.9. The summed E-state index contributed by atoms with van der Waals surface area (Å²) >= 11 is 1.88. The molecule has 0 atom stereocenters. The van der Waals surface area contributed by atoms with Gasteiger partial charge in [0, 0.05) is 37.2 Å². The molecule has 1 aliphatic rings. The van der Waals surface area contributed by atoms with Crippen LogP contribution in [0.2, 0.25) is 0 Å². The molecular weight excluding hydrogens is 575 g/mol. The Bertz CT molecular complexity index is 2660. The summed E-state index contributed by atoms with van der Waals surface area (Å²) in [5.41, 5.74) is 11.2. The number of rotatable bonds is 3. The second-order valence-corrected chi connectivity index (χ2v) is 13.2. The summed E-state index contributed by atoms with van der Waals surface area (Å²) in [6, 6.07) is 60.2. The predicted molar refractivity (Wildman–Crippen MR) is 196 cm³/mol. The standard InChI is InChI=1S/C44H27NS/c1-2-15-31(16-3-1)45-39-22-9-8-19-34(39)38-27-29-12-4-5-18-33(29)43(44(38)45)35-20-7-6-17-32(35)30-24-25-40-37(26-30)36-21-10-13-28-14-11-23-41(46-40)42(28)36/h1-27H. The molecule has 214 valence electrons. The Kier molecular flexibility index (Phi) is 5.58. The van der Waals surface area contributed by atoms with E-state index < -0.39 is 0 Å². The summed E-state index contributed by atoms with van der Waals surface area (Å²) < 4.78 is 2.46. The SMILES string of the molecule is c1ccc(-n2c3ccccc3c3cc4ccccc4c(-c4ccccc4-c4ccc5c(c4)-c4cccc6cccc(c46)S5)c32)cc1. The largest absolute Gasteiger partial charge is 0.309 e. The molecular formula is C44H27NS. The Morgan fingerprint density at radius 3 is 2.00 bits per heavy atom. The average Bonchev–Trinajstić information content (AvgIpc) is 3.45. The van der Waals surface area contributed by atoms with E-state index in [9.17, 15) is 0 Å². The molecule has 0 amide bonds. The fourth-order valence-electron chi connectivity index (χ4n) is 7.59. The maximum absolute atomic E-state index is 2.46. The van der Waals surface area contributed by atoms with E-state index in [2.05, 4.69) is 168 Å². The molecule has 2 heteroatoms. The van der Waals surface area contributed by atoms with E-state index in [-0.39, 0.29) is 0 Å². The minimum absolute atomic E-state index is 1.17. The molecule has 0 fully saturated rings. The predicted octanol–water partition coefficient (Wildman–Crippen LogP) is 12.6. The van der Waals surface area contributed by atoms with Crippen LogP contribution in [0.3, 0.4) is 0 Å². The quantitative estimate of drug-likeness (QED) is 0.195. The van der Waals surface area contributed by atoms with Gasteiger partial charge in [-0.25, -0.2) is 0 Å². The van der Waals surface area contributed by atoms with Gasteiger partial charge in [-0.1, -0.05) is 133 Å². The Hall–Kier alpha value is -5.57. The van der Waals surface area contributed by atoms with E-state index in [0.717, 1.165) is 0 Å². The van der Waals surface area contributed by atoms with Crippen LogP contribution in [0, 0.1) is 0 Å².